The maximum absolute atomic E-state index is 12.2. The molecule has 2 heterocycles. The number of rotatable bonds is 9. The Morgan fingerprint density at radius 2 is 2.10 bits per heavy atom. The molecule has 1 amide bonds. The number of carbonyl (C=O) groups excluding carboxylic acids is 1. The molecule has 0 unspecified atom stereocenters. The normalized spacial score (nSPS) is 10.7. The van der Waals surface area contributed by atoms with Gasteiger partial charge in [-0.1, -0.05) is 6.07 Å². The standard InChI is InChI=1S/C20H22N4O5/c1-14-4-6-18(17(12-14)24(26)27)28-13-16-5-7-19(29-16)20(25)21-9-3-10-23-11-8-15(2)22-23/h4-8,11-12H,3,9-10,13H2,1-2H3,(H,21,25). The molecular weight excluding hydrogens is 376 g/mol. The van der Waals surface area contributed by atoms with Gasteiger partial charge in [0.1, 0.15) is 12.4 Å². The third-order valence-corrected chi connectivity index (χ3v) is 4.19. The number of aryl methyl sites for hydroxylation is 3. The highest BCUT2D eigenvalue weighted by Crippen LogP contribution is 2.28. The van der Waals surface area contributed by atoms with Gasteiger partial charge in [0.15, 0.2) is 11.5 Å². The maximum Gasteiger partial charge on any atom is 0.311 e. The number of benzene rings is 1. The van der Waals surface area contributed by atoms with Crippen LogP contribution in [0.1, 0.15) is 34.0 Å². The Hall–Kier alpha value is -3.62. The van der Waals surface area contributed by atoms with E-state index in [1.165, 1.54) is 6.07 Å². The molecule has 0 radical (unpaired) electrons. The summed E-state index contributed by atoms with van der Waals surface area (Å²) in [5.74, 6) is 0.389. The van der Waals surface area contributed by atoms with Crippen LogP contribution in [0.2, 0.25) is 0 Å². The second-order valence-electron chi connectivity index (χ2n) is 6.61. The first-order valence-corrected chi connectivity index (χ1v) is 9.17. The number of nitro benzene ring substituents is 1. The van der Waals surface area contributed by atoms with Gasteiger partial charge in [0.2, 0.25) is 0 Å². The molecule has 3 aromatic rings. The van der Waals surface area contributed by atoms with Crippen LogP contribution in [0.5, 0.6) is 5.75 Å². The summed E-state index contributed by atoms with van der Waals surface area (Å²) in [5, 5.41) is 18.2. The van der Waals surface area contributed by atoms with E-state index in [9.17, 15) is 14.9 Å². The molecule has 29 heavy (non-hydrogen) atoms. The fraction of sp³-hybridized carbons (Fsp3) is 0.300. The van der Waals surface area contributed by atoms with Crippen molar-refractivity contribution in [3.63, 3.8) is 0 Å². The average molecular weight is 398 g/mol. The Kier molecular flexibility index (Phi) is 6.28. The SMILES string of the molecule is Cc1ccc(OCc2ccc(C(=O)NCCCn3ccc(C)n3)o2)c([N+](=O)[O-])c1. The number of carbonyl (C=O) groups is 1. The van der Waals surface area contributed by atoms with Crippen LogP contribution in [0.15, 0.2) is 47.0 Å². The highest BCUT2D eigenvalue weighted by Gasteiger charge is 2.16. The molecule has 3 rings (SSSR count). The summed E-state index contributed by atoms with van der Waals surface area (Å²) in [6.45, 7) is 4.87. The molecule has 152 valence electrons. The zero-order valence-corrected chi connectivity index (χ0v) is 16.3. The lowest BCUT2D eigenvalue weighted by molar-refractivity contribution is -0.386. The first-order valence-electron chi connectivity index (χ1n) is 9.17. The number of amides is 1. The van der Waals surface area contributed by atoms with E-state index in [-0.39, 0.29) is 29.7 Å². The number of aromatic nitrogens is 2. The molecule has 0 bridgehead atoms. The predicted molar refractivity (Wildman–Crippen MR) is 105 cm³/mol. The van der Waals surface area contributed by atoms with Crippen LogP contribution in [0.3, 0.4) is 0 Å². The molecule has 1 N–H and O–H groups in total. The smallest absolute Gasteiger partial charge is 0.311 e. The lowest BCUT2D eigenvalue weighted by Gasteiger charge is -2.06. The van der Waals surface area contributed by atoms with Crippen molar-refractivity contribution in [2.24, 2.45) is 0 Å². The van der Waals surface area contributed by atoms with Crippen LogP contribution in [0.25, 0.3) is 0 Å². The fourth-order valence-corrected chi connectivity index (χ4v) is 2.74. The molecule has 0 spiro atoms. The molecule has 0 aliphatic heterocycles. The van der Waals surface area contributed by atoms with E-state index in [0.717, 1.165) is 17.7 Å². The number of ether oxygens (including phenoxy) is 1. The monoisotopic (exact) mass is 398 g/mol. The van der Waals surface area contributed by atoms with Gasteiger partial charge in [0.25, 0.3) is 5.91 Å². The molecule has 1 aromatic carbocycles. The van der Waals surface area contributed by atoms with Crippen molar-refractivity contribution < 1.29 is 18.9 Å². The van der Waals surface area contributed by atoms with E-state index in [2.05, 4.69) is 10.4 Å². The first-order chi connectivity index (χ1) is 13.9. The molecular formula is C20H22N4O5. The van der Waals surface area contributed by atoms with Crippen LogP contribution in [-0.2, 0) is 13.2 Å². The van der Waals surface area contributed by atoms with E-state index in [1.54, 1.807) is 31.2 Å². The third-order valence-electron chi connectivity index (χ3n) is 4.19. The van der Waals surface area contributed by atoms with Crippen molar-refractivity contribution in [2.45, 2.75) is 33.4 Å². The van der Waals surface area contributed by atoms with Gasteiger partial charge >= 0.3 is 5.69 Å². The fourth-order valence-electron chi connectivity index (χ4n) is 2.74. The highest BCUT2D eigenvalue weighted by molar-refractivity contribution is 5.91. The number of furan rings is 1. The Morgan fingerprint density at radius 1 is 1.28 bits per heavy atom. The van der Waals surface area contributed by atoms with Crippen molar-refractivity contribution in [2.75, 3.05) is 6.54 Å². The van der Waals surface area contributed by atoms with Crippen LogP contribution < -0.4 is 10.1 Å². The second kappa shape index (κ2) is 9.05. The van der Waals surface area contributed by atoms with E-state index >= 15 is 0 Å². The number of nitro groups is 1. The zero-order valence-electron chi connectivity index (χ0n) is 16.3. The maximum atomic E-state index is 12.2. The zero-order chi connectivity index (χ0) is 20.8. The molecule has 0 aliphatic carbocycles. The second-order valence-corrected chi connectivity index (χ2v) is 6.61. The largest absolute Gasteiger partial charge is 0.479 e. The van der Waals surface area contributed by atoms with Crippen molar-refractivity contribution in [3.05, 3.63) is 75.5 Å². The minimum atomic E-state index is -0.492. The topological polar surface area (TPSA) is 112 Å². The van der Waals surface area contributed by atoms with Crippen molar-refractivity contribution in [3.8, 4) is 5.75 Å². The van der Waals surface area contributed by atoms with Gasteiger partial charge in [0.05, 0.1) is 10.6 Å². The van der Waals surface area contributed by atoms with Crippen LogP contribution in [0.4, 0.5) is 5.69 Å². The molecule has 9 nitrogen and oxygen atoms in total. The van der Waals surface area contributed by atoms with Crippen LogP contribution in [-0.4, -0.2) is 27.2 Å². The van der Waals surface area contributed by atoms with E-state index < -0.39 is 4.92 Å². The predicted octanol–water partition coefficient (Wildman–Crippen LogP) is 3.40. The number of hydrogen-bond acceptors (Lipinski definition) is 6. The molecule has 2 aromatic heterocycles. The molecule has 0 saturated carbocycles. The summed E-state index contributed by atoms with van der Waals surface area (Å²) in [6.07, 6.45) is 2.63. The van der Waals surface area contributed by atoms with Gasteiger partial charge < -0.3 is 14.5 Å². The Bertz CT molecular complexity index is 1010. The molecule has 0 atom stereocenters. The summed E-state index contributed by atoms with van der Waals surface area (Å²) < 4.78 is 12.8. The summed E-state index contributed by atoms with van der Waals surface area (Å²) >= 11 is 0. The first kappa shape index (κ1) is 20.1. The Morgan fingerprint density at radius 3 is 2.83 bits per heavy atom. The summed E-state index contributed by atoms with van der Waals surface area (Å²) in [7, 11) is 0. The van der Waals surface area contributed by atoms with Gasteiger partial charge in [0, 0.05) is 25.4 Å². The van der Waals surface area contributed by atoms with Crippen LogP contribution in [0, 0.1) is 24.0 Å². The van der Waals surface area contributed by atoms with E-state index in [1.807, 2.05) is 23.9 Å². The van der Waals surface area contributed by atoms with Gasteiger partial charge in [-0.05, 0) is 50.1 Å². The van der Waals surface area contributed by atoms with Crippen molar-refractivity contribution in [1.82, 2.24) is 15.1 Å². The lowest BCUT2D eigenvalue weighted by Crippen LogP contribution is -2.24. The van der Waals surface area contributed by atoms with Gasteiger partial charge in [-0.3, -0.25) is 19.6 Å². The van der Waals surface area contributed by atoms with Crippen LogP contribution >= 0.6 is 0 Å². The quantitative estimate of drug-likeness (QED) is 0.336. The minimum absolute atomic E-state index is 0.0180. The summed E-state index contributed by atoms with van der Waals surface area (Å²) in [5.41, 5.74) is 1.61. The van der Waals surface area contributed by atoms with E-state index in [4.69, 9.17) is 9.15 Å². The number of nitrogens with one attached hydrogen (secondary N) is 1. The molecule has 0 saturated heterocycles. The molecule has 0 aliphatic rings. The van der Waals surface area contributed by atoms with Crippen molar-refractivity contribution in [1.29, 1.82) is 0 Å². The average Bonchev–Trinajstić information content (AvgIpc) is 3.33. The molecule has 0 fully saturated rings. The molecule has 9 heteroatoms. The number of hydrogen-bond donors (Lipinski definition) is 1. The summed E-state index contributed by atoms with van der Waals surface area (Å²) in [4.78, 5) is 22.8. The van der Waals surface area contributed by atoms with E-state index in [0.29, 0.717) is 18.8 Å². The number of nitrogens with zero attached hydrogens (tertiary/aromatic N) is 3. The Balaban J connectivity index is 1.49. The van der Waals surface area contributed by atoms with Gasteiger partial charge in [-0.15, -0.1) is 0 Å². The minimum Gasteiger partial charge on any atom is -0.479 e. The highest BCUT2D eigenvalue weighted by atomic mass is 16.6. The summed E-state index contributed by atoms with van der Waals surface area (Å²) in [6, 6.07) is 9.81. The Labute approximate surface area is 167 Å². The van der Waals surface area contributed by atoms with Gasteiger partial charge in [-0.2, -0.15) is 5.10 Å². The lowest BCUT2D eigenvalue weighted by atomic mass is 10.2. The van der Waals surface area contributed by atoms with Crippen molar-refractivity contribution >= 4 is 11.6 Å². The van der Waals surface area contributed by atoms with Gasteiger partial charge in [-0.25, -0.2) is 0 Å². The third kappa shape index (κ3) is 5.44.